The Kier molecular flexibility index (Phi) is 4.13. The Balaban J connectivity index is 1.53. The molecule has 132 valence electrons. The first-order valence-electron chi connectivity index (χ1n) is 8.42. The molecule has 1 unspecified atom stereocenters. The van der Waals surface area contributed by atoms with E-state index in [1.54, 1.807) is 19.2 Å². The number of ether oxygens (including phenoxy) is 3. The van der Waals surface area contributed by atoms with E-state index in [0.717, 1.165) is 22.1 Å². The van der Waals surface area contributed by atoms with Gasteiger partial charge in [0.2, 0.25) is 12.7 Å². The largest absolute Gasteiger partial charge is 0.497 e. The molecule has 0 aliphatic carbocycles. The Morgan fingerprint density at radius 2 is 1.77 bits per heavy atom. The second kappa shape index (κ2) is 6.59. The van der Waals surface area contributed by atoms with Crippen LogP contribution in [0.25, 0.3) is 10.8 Å². The van der Waals surface area contributed by atoms with Gasteiger partial charge in [-0.3, -0.25) is 4.79 Å². The summed E-state index contributed by atoms with van der Waals surface area (Å²) >= 11 is 0. The number of hydrogen-bond acceptors (Lipinski definition) is 4. The van der Waals surface area contributed by atoms with Gasteiger partial charge in [0.25, 0.3) is 0 Å². The summed E-state index contributed by atoms with van der Waals surface area (Å²) in [5.41, 5.74) is 1.65. The smallest absolute Gasteiger partial charge is 0.231 e. The van der Waals surface area contributed by atoms with Gasteiger partial charge in [-0.05, 0) is 47.5 Å². The molecule has 1 N–H and O–H groups in total. The van der Waals surface area contributed by atoms with Crippen LogP contribution < -0.4 is 19.5 Å². The summed E-state index contributed by atoms with van der Waals surface area (Å²) in [6, 6.07) is 17.3. The Labute approximate surface area is 151 Å². The highest BCUT2D eigenvalue weighted by atomic mass is 16.7. The lowest BCUT2D eigenvalue weighted by Crippen LogP contribution is -2.18. The first-order valence-corrected chi connectivity index (χ1v) is 8.42. The SMILES string of the molecule is COc1ccc2cc(C(C)C(=O)Nc3ccc4c(c3)OCO4)ccc2c1. The van der Waals surface area contributed by atoms with Crippen molar-refractivity contribution in [1.29, 1.82) is 0 Å². The van der Waals surface area contributed by atoms with E-state index in [9.17, 15) is 4.79 Å². The van der Waals surface area contributed by atoms with Gasteiger partial charge in [-0.1, -0.05) is 24.3 Å². The third-order valence-corrected chi connectivity index (χ3v) is 4.60. The van der Waals surface area contributed by atoms with Gasteiger partial charge >= 0.3 is 0 Å². The number of hydrogen-bond donors (Lipinski definition) is 1. The van der Waals surface area contributed by atoms with E-state index in [1.165, 1.54) is 0 Å². The van der Waals surface area contributed by atoms with Crippen LogP contribution in [0.5, 0.6) is 17.2 Å². The van der Waals surface area contributed by atoms with E-state index >= 15 is 0 Å². The predicted octanol–water partition coefficient (Wildman–Crippen LogP) is 4.32. The molecule has 26 heavy (non-hydrogen) atoms. The average Bonchev–Trinajstić information content (AvgIpc) is 3.14. The van der Waals surface area contributed by atoms with E-state index in [2.05, 4.69) is 5.32 Å². The van der Waals surface area contributed by atoms with Gasteiger partial charge in [0.1, 0.15) is 5.75 Å². The van der Waals surface area contributed by atoms with Crippen molar-refractivity contribution in [3.8, 4) is 17.2 Å². The maximum Gasteiger partial charge on any atom is 0.231 e. The fraction of sp³-hybridized carbons (Fsp3) is 0.190. The maximum absolute atomic E-state index is 12.6. The molecule has 1 atom stereocenters. The molecule has 0 spiro atoms. The molecule has 1 aliphatic rings. The van der Waals surface area contributed by atoms with E-state index in [4.69, 9.17) is 14.2 Å². The monoisotopic (exact) mass is 349 g/mol. The van der Waals surface area contributed by atoms with E-state index < -0.39 is 0 Å². The Morgan fingerprint density at radius 3 is 2.62 bits per heavy atom. The molecule has 0 aromatic heterocycles. The van der Waals surface area contributed by atoms with Crippen LogP contribution in [0.15, 0.2) is 54.6 Å². The average molecular weight is 349 g/mol. The molecule has 0 saturated carbocycles. The summed E-state index contributed by atoms with van der Waals surface area (Å²) in [6.45, 7) is 2.11. The van der Waals surface area contributed by atoms with Crippen LogP contribution >= 0.6 is 0 Å². The van der Waals surface area contributed by atoms with Gasteiger partial charge in [-0.15, -0.1) is 0 Å². The van der Waals surface area contributed by atoms with Crippen molar-refractivity contribution in [2.45, 2.75) is 12.8 Å². The molecule has 1 amide bonds. The molecule has 0 saturated heterocycles. The van der Waals surface area contributed by atoms with E-state index in [1.807, 2.05) is 49.4 Å². The minimum absolute atomic E-state index is 0.0725. The van der Waals surface area contributed by atoms with Crippen LogP contribution in [-0.2, 0) is 4.79 Å². The maximum atomic E-state index is 12.6. The lowest BCUT2D eigenvalue weighted by atomic mass is 9.97. The van der Waals surface area contributed by atoms with Gasteiger partial charge in [0.05, 0.1) is 13.0 Å². The van der Waals surface area contributed by atoms with Crippen LogP contribution in [0.2, 0.25) is 0 Å². The highest BCUT2D eigenvalue weighted by Crippen LogP contribution is 2.34. The van der Waals surface area contributed by atoms with Crippen molar-refractivity contribution >= 4 is 22.4 Å². The van der Waals surface area contributed by atoms with Crippen molar-refractivity contribution in [2.75, 3.05) is 19.2 Å². The van der Waals surface area contributed by atoms with Gasteiger partial charge in [-0.2, -0.15) is 0 Å². The summed E-state index contributed by atoms with van der Waals surface area (Å²) < 4.78 is 15.9. The second-order valence-electron chi connectivity index (χ2n) is 6.25. The lowest BCUT2D eigenvalue weighted by molar-refractivity contribution is -0.117. The van der Waals surface area contributed by atoms with Gasteiger partial charge in [-0.25, -0.2) is 0 Å². The molecular formula is C21H19NO4. The quantitative estimate of drug-likeness (QED) is 0.762. The number of fused-ring (bicyclic) bond motifs is 2. The van der Waals surface area contributed by atoms with Gasteiger partial charge in [0, 0.05) is 11.8 Å². The zero-order valence-corrected chi connectivity index (χ0v) is 14.6. The number of carbonyl (C=O) groups excluding carboxylic acids is 1. The minimum Gasteiger partial charge on any atom is -0.497 e. The molecule has 4 rings (SSSR count). The number of anilines is 1. The number of nitrogens with one attached hydrogen (secondary N) is 1. The predicted molar refractivity (Wildman–Crippen MR) is 100 cm³/mol. The molecule has 5 nitrogen and oxygen atoms in total. The fourth-order valence-corrected chi connectivity index (χ4v) is 3.01. The normalized spacial score (nSPS) is 13.5. The van der Waals surface area contributed by atoms with Crippen molar-refractivity contribution in [1.82, 2.24) is 0 Å². The number of rotatable bonds is 4. The molecule has 3 aromatic carbocycles. The number of methoxy groups -OCH3 is 1. The molecule has 1 heterocycles. The van der Waals surface area contributed by atoms with Crippen LogP contribution in [0.3, 0.4) is 0 Å². The van der Waals surface area contributed by atoms with E-state index in [0.29, 0.717) is 17.2 Å². The Morgan fingerprint density at radius 1 is 1.00 bits per heavy atom. The van der Waals surface area contributed by atoms with Gasteiger partial charge < -0.3 is 19.5 Å². The second-order valence-corrected chi connectivity index (χ2v) is 6.25. The zero-order chi connectivity index (χ0) is 18.1. The van der Waals surface area contributed by atoms with Gasteiger partial charge in [0.15, 0.2) is 11.5 Å². The fourth-order valence-electron chi connectivity index (χ4n) is 3.01. The first kappa shape index (κ1) is 16.3. The Bertz CT molecular complexity index is 983. The molecule has 5 heteroatoms. The van der Waals surface area contributed by atoms with Crippen LogP contribution in [0.1, 0.15) is 18.4 Å². The van der Waals surface area contributed by atoms with E-state index in [-0.39, 0.29) is 18.6 Å². The minimum atomic E-state index is -0.285. The van der Waals surface area contributed by atoms with Crippen molar-refractivity contribution < 1.29 is 19.0 Å². The summed E-state index contributed by atoms with van der Waals surface area (Å²) in [5, 5.41) is 5.10. The summed E-state index contributed by atoms with van der Waals surface area (Å²) in [4.78, 5) is 12.6. The highest BCUT2D eigenvalue weighted by molar-refractivity contribution is 5.96. The summed E-state index contributed by atoms with van der Waals surface area (Å²) in [7, 11) is 1.65. The van der Waals surface area contributed by atoms with Crippen molar-refractivity contribution in [3.05, 3.63) is 60.2 Å². The summed E-state index contributed by atoms with van der Waals surface area (Å²) in [6.07, 6.45) is 0. The topological polar surface area (TPSA) is 56.8 Å². The van der Waals surface area contributed by atoms with Crippen LogP contribution in [0.4, 0.5) is 5.69 Å². The highest BCUT2D eigenvalue weighted by Gasteiger charge is 2.18. The third-order valence-electron chi connectivity index (χ3n) is 4.60. The number of amides is 1. The lowest BCUT2D eigenvalue weighted by Gasteiger charge is -2.14. The molecule has 0 radical (unpaired) electrons. The van der Waals surface area contributed by atoms with Crippen molar-refractivity contribution in [2.24, 2.45) is 0 Å². The molecule has 1 aliphatic heterocycles. The summed E-state index contributed by atoms with van der Waals surface area (Å²) in [5.74, 6) is 1.80. The number of carbonyl (C=O) groups is 1. The van der Waals surface area contributed by atoms with Crippen molar-refractivity contribution in [3.63, 3.8) is 0 Å². The third kappa shape index (κ3) is 3.04. The number of benzene rings is 3. The molecule has 0 fully saturated rings. The van der Waals surface area contributed by atoms with Crippen LogP contribution in [-0.4, -0.2) is 19.8 Å². The standard InChI is InChI=1S/C21H19NO4/c1-13(14-3-4-16-10-18(24-2)7-5-15(16)9-14)21(23)22-17-6-8-19-20(11-17)26-12-25-19/h3-11,13H,12H2,1-2H3,(H,22,23). The van der Waals surface area contributed by atoms with Crippen LogP contribution in [0, 0.1) is 0 Å². The molecule has 0 bridgehead atoms. The Hall–Kier alpha value is -3.21. The molecular weight excluding hydrogens is 330 g/mol. The zero-order valence-electron chi connectivity index (χ0n) is 14.6. The molecule has 3 aromatic rings. The first-order chi connectivity index (χ1) is 12.6.